The zero-order chi connectivity index (χ0) is 15.0. The maximum atomic E-state index is 11.6. The maximum Gasteiger partial charge on any atom is 0.229 e. The van der Waals surface area contributed by atoms with Crippen molar-refractivity contribution in [3.05, 3.63) is 46.5 Å². The van der Waals surface area contributed by atoms with Crippen molar-refractivity contribution in [3.63, 3.8) is 0 Å². The molecule has 1 aliphatic carbocycles. The van der Waals surface area contributed by atoms with Gasteiger partial charge in [-0.1, -0.05) is 17.7 Å². The molecule has 5 nitrogen and oxygen atoms in total. The molecule has 0 amide bonds. The van der Waals surface area contributed by atoms with Gasteiger partial charge >= 0.3 is 0 Å². The summed E-state index contributed by atoms with van der Waals surface area (Å²) in [6.07, 6.45) is 7.43. The molecule has 0 radical (unpaired) electrons. The first-order chi connectivity index (χ1) is 9.96. The summed E-state index contributed by atoms with van der Waals surface area (Å²) >= 11 is 6.19. The summed E-state index contributed by atoms with van der Waals surface area (Å²) in [6.45, 7) is 0. The van der Waals surface area contributed by atoms with Crippen molar-refractivity contribution >= 4 is 27.3 Å². The molecular formula is C14H16ClN3O2S. The number of imidazole rings is 1. The van der Waals surface area contributed by atoms with Crippen LogP contribution in [0, 0.1) is 0 Å². The molecule has 7 heteroatoms. The van der Waals surface area contributed by atoms with Crippen LogP contribution in [0.3, 0.4) is 0 Å². The summed E-state index contributed by atoms with van der Waals surface area (Å²) in [4.78, 5) is 7.49. The molecule has 2 aromatic rings. The van der Waals surface area contributed by atoms with E-state index in [1.54, 1.807) is 18.5 Å². The highest BCUT2D eigenvalue weighted by Gasteiger charge is 2.27. The van der Waals surface area contributed by atoms with E-state index in [4.69, 9.17) is 11.6 Å². The van der Waals surface area contributed by atoms with E-state index < -0.39 is 10.0 Å². The molecule has 0 saturated carbocycles. The molecule has 2 N–H and O–H groups in total. The second-order valence-corrected chi connectivity index (χ2v) is 7.44. The number of rotatable bonds is 3. The Morgan fingerprint density at radius 3 is 2.90 bits per heavy atom. The van der Waals surface area contributed by atoms with E-state index in [9.17, 15) is 8.42 Å². The van der Waals surface area contributed by atoms with Crippen LogP contribution < -0.4 is 4.72 Å². The standard InChI is InChI=1S/C14H16ClN3O2S/c1-21(19,20)18-13-10-3-2-4-11(14-16-7-8-17-14)9(10)5-6-12(13)15/h5-8,11,18H,2-4H2,1H3,(H,16,17). The van der Waals surface area contributed by atoms with Gasteiger partial charge in [0.05, 0.1) is 17.0 Å². The van der Waals surface area contributed by atoms with Crippen LogP contribution in [0.2, 0.25) is 5.02 Å². The number of benzene rings is 1. The predicted octanol–water partition coefficient (Wildman–Crippen LogP) is 2.90. The van der Waals surface area contributed by atoms with Gasteiger partial charge in [-0.25, -0.2) is 13.4 Å². The molecule has 1 aromatic carbocycles. The number of aromatic nitrogens is 2. The van der Waals surface area contributed by atoms with Gasteiger partial charge in [0.2, 0.25) is 10.0 Å². The van der Waals surface area contributed by atoms with Crippen LogP contribution in [0.5, 0.6) is 0 Å². The van der Waals surface area contributed by atoms with Crippen LogP contribution in [-0.2, 0) is 16.4 Å². The van der Waals surface area contributed by atoms with Gasteiger partial charge in [-0.05, 0) is 36.5 Å². The van der Waals surface area contributed by atoms with E-state index in [2.05, 4.69) is 14.7 Å². The van der Waals surface area contributed by atoms with Crippen molar-refractivity contribution in [1.29, 1.82) is 0 Å². The normalized spacial score (nSPS) is 18.3. The fraction of sp³-hybridized carbons (Fsp3) is 0.357. The summed E-state index contributed by atoms with van der Waals surface area (Å²) in [5.74, 6) is 1.06. The molecule has 21 heavy (non-hydrogen) atoms. The third kappa shape index (κ3) is 2.91. The first-order valence-electron chi connectivity index (χ1n) is 6.74. The summed E-state index contributed by atoms with van der Waals surface area (Å²) in [5.41, 5.74) is 2.57. The monoisotopic (exact) mass is 325 g/mol. The largest absolute Gasteiger partial charge is 0.348 e. The fourth-order valence-electron chi connectivity index (χ4n) is 2.92. The second kappa shape index (κ2) is 5.35. The average molecular weight is 326 g/mol. The fourth-order valence-corrected chi connectivity index (χ4v) is 3.80. The Bertz CT molecular complexity index is 757. The van der Waals surface area contributed by atoms with E-state index in [1.807, 2.05) is 6.07 Å². The highest BCUT2D eigenvalue weighted by molar-refractivity contribution is 7.92. The summed E-state index contributed by atoms with van der Waals surface area (Å²) < 4.78 is 25.7. The Labute approximate surface area is 128 Å². The maximum absolute atomic E-state index is 11.6. The van der Waals surface area contributed by atoms with Crippen LogP contribution in [0.1, 0.15) is 35.7 Å². The smallest absolute Gasteiger partial charge is 0.229 e. The Morgan fingerprint density at radius 1 is 1.43 bits per heavy atom. The summed E-state index contributed by atoms with van der Waals surface area (Å²) in [7, 11) is -3.36. The highest BCUT2D eigenvalue weighted by Crippen LogP contribution is 2.41. The lowest BCUT2D eigenvalue weighted by Crippen LogP contribution is -2.17. The minimum atomic E-state index is -3.36. The van der Waals surface area contributed by atoms with Gasteiger partial charge in [-0.2, -0.15) is 0 Å². The topological polar surface area (TPSA) is 74.8 Å². The molecule has 1 atom stereocenters. The van der Waals surface area contributed by atoms with E-state index >= 15 is 0 Å². The Hall–Kier alpha value is -1.53. The number of nitrogens with one attached hydrogen (secondary N) is 2. The molecule has 112 valence electrons. The van der Waals surface area contributed by atoms with Gasteiger partial charge in [0.25, 0.3) is 0 Å². The highest BCUT2D eigenvalue weighted by atomic mass is 35.5. The minimum absolute atomic E-state index is 0.154. The number of aromatic amines is 1. The Kier molecular flexibility index (Phi) is 3.67. The first kappa shape index (κ1) is 14.4. The average Bonchev–Trinajstić information content (AvgIpc) is 2.94. The van der Waals surface area contributed by atoms with Crippen molar-refractivity contribution in [3.8, 4) is 0 Å². The number of sulfonamides is 1. The van der Waals surface area contributed by atoms with Crippen LogP contribution in [0.4, 0.5) is 5.69 Å². The van der Waals surface area contributed by atoms with Crippen LogP contribution >= 0.6 is 11.6 Å². The van der Waals surface area contributed by atoms with Crippen molar-refractivity contribution in [2.45, 2.75) is 25.2 Å². The van der Waals surface area contributed by atoms with Crippen LogP contribution in [-0.4, -0.2) is 24.6 Å². The van der Waals surface area contributed by atoms with E-state index in [0.717, 1.165) is 42.5 Å². The lowest BCUT2D eigenvalue weighted by atomic mass is 9.81. The molecule has 0 fully saturated rings. The van der Waals surface area contributed by atoms with E-state index in [1.165, 1.54) is 0 Å². The number of H-pyrrole nitrogens is 1. The van der Waals surface area contributed by atoms with Gasteiger partial charge in [-0.3, -0.25) is 4.72 Å². The van der Waals surface area contributed by atoms with Crippen LogP contribution in [0.25, 0.3) is 0 Å². The van der Waals surface area contributed by atoms with Gasteiger partial charge in [0, 0.05) is 18.3 Å². The summed E-state index contributed by atoms with van der Waals surface area (Å²) in [5, 5.41) is 0.430. The number of hydrogen-bond donors (Lipinski definition) is 2. The molecular weight excluding hydrogens is 310 g/mol. The molecule has 1 aromatic heterocycles. The SMILES string of the molecule is CS(=O)(=O)Nc1c(Cl)ccc2c1CCCC2c1ncc[nH]1. The van der Waals surface area contributed by atoms with Gasteiger partial charge < -0.3 is 4.98 Å². The third-order valence-corrected chi connectivity index (χ3v) is 4.62. The molecule has 0 aliphatic heterocycles. The molecule has 0 bridgehead atoms. The van der Waals surface area contributed by atoms with Crippen molar-refractivity contribution in [2.75, 3.05) is 11.0 Å². The first-order valence-corrected chi connectivity index (χ1v) is 9.01. The summed E-state index contributed by atoms with van der Waals surface area (Å²) in [6, 6.07) is 3.71. The molecule has 1 unspecified atom stereocenters. The predicted molar refractivity (Wildman–Crippen MR) is 83.3 cm³/mol. The lowest BCUT2D eigenvalue weighted by molar-refractivity contribution is 0.595. The quantitative estimate of drug-likeness (QED) is 0.911. The van der Waals surface area contributed by atoms with E-state index in [0.29, 0.717) is 10.7 Å². The number of fused-ring (bicyclic) bond motifs is 1. The van der Waals surface area contributed by atoms with Gasteiger partial charge in [0.15, 0.2) is 0 Å². The van der Waals surface area contributed by atoms with Gasteiger partial charge in [-0.15, -0.1) is 0 Å². The van der Waals surface area contributed by atoms with Crippen molar-refractivity contribution in [2.24, 2.45) is 0 Å². The lowest BCUT2D eigenvalue weighted by Gasteiger charge is -2.27. The molecule has 1 heterocycles. The van der Waals surface area contributed by atoms with Crippen LogP contribution in [0.15, 0.2) is 24.5 Å². The zero-order valence-corrected chi connectivity index (χ0v) is 13.1. The third-order valence-electron chi connectivity index (χ3n) is 3.73. The van der Waals surface area contributed by atoms with E-state index in [-0.39, 0.29) is 5.92 Å². The zero-order valence-electron chi connectivity index (χ0n) is 11.6. The molecule has 0 saturated heterocycles. The number of nitrogens with zero attached hydrogens (tertiary/aromatic N) is 1. The molecule has 0 spiro atoms. The number of anilines is 1. The second-order valence-electron chi connectivity index (χ2n) is 5.28. The Morgan fingerprint density at radius 2 is 2.24 bits per heavy atom. The minimum Gasteiger partial charge on any atom is -0.348 e. The van der Waals surface area contributed by atoms with Crippen molar-refractivity contribution in [1.82, 2.24) is 9.97 Å². The number of hydrogen-bond acceptors (Lipinski definition) is 3. The van der Waals surface area contributed by atoms with Gasteiger partial charge in [0.1, 0.15) is 5.82 Å². The molecule has 3 rings (SSSR count). The Balaban J connectivity index is 2.11. The number of halogens is 1. The molecule has 1 aliphatic rings. The van der Waals surface area contributed by atoms with Crippen molar-refractivity contribution < 1.29 is 8.42 Å².